The van der Waals surface area contributed by atoms with Gasteiger partial charge in [0.05, 0.1) is 12.2 Å². The van der Waals surface area contributed by atoms with Gasteiger partial charge in [0.15, 0.2) is 0 Å². The van der Waals surface area contributed by atoms with E-state index in [-0.39, 0.29) is 10.8 Å². The molecule has 0 aromatic heterocycles. The van der Waals surface area contributed by atoms with E-state index in [1.54, 1.807) is 0 Å². The van der Waals surface area contributed by atoms with Gasteiger partial charge < -0.3 is 10.2 Å². The first kappa shape index (κ1) is 15.8. The Bertz CT molecular complexity index is 448. The zero-order valence-electron chi connectivity index (χ0n) is 14.2. The second-order valence-corrected chi connectivity index (χ2v) is 8.86. The lowest BCUT2D eigenvalue weighted by atomic mass is 9.64. The van der Waals surface area contributed by atoms with Gasteiger partial charge in [0, 0.05) is 21.7 Å². The Hall–Kier alpha value is -0.600. The summed E-state index contributed by atoms with van der Waals surface area (Å²) in [5.74, 6) is 0. The highest BCUT2D eigenvalue weighted by Gasteiger charge is 2.58. The first-order chi connectivity index (χ1) is 8.76. The van der Waals surface area contributed by atoms with Gasteiger partial charge in [0.2, 0.25) is 0 Å². The van der Waals surface area contributed by atoms with Gasteiger partial charge in [-0.2, -0.15) is 0 Å². The highest BCUT2D eigenvalue weighted by molar-refractivity contribution is 5.47. The van der Waals surface area contributed by atoms with E-state index in [4.69, 9.17) is 0 Å². The van der Waals surface area contributed by atoms with Crippen LogP contribution in [0.2, 0.25) is 0 Å². The Morgan fingerprint density at radius 1 is 0.650 bits per heavy atom. The van der Waals surface area contributed by atoms with Crippen molar-refractivity contribution in [3.05, 3.63) is 23.3 Å². The van der Waals surface area contributed by atoms with Crippen LogP contribution in [0.4, 0.5) is 0 Å². The summed E-state index contributed by atoms with van der Waals surface area (Å²) >= 11 is 0. The van der Waals surface area contributed by atoms with Crippen molar-refractivity contribution in [2.45, 2.75) is 67.6 Å². The molecule has 0 radical (unpaired) electrons. The normalized spacial score (nSPS) is 36.7. The molecule has 2 nitrogen and oxygen atoms in total. The molecule has 1 fully saturated rings. The number of aliphatic hydroxyl groups is 2. The van der Waals surface area contributed by atoms with Crippen LogP contribution in [0.1, 0.15) is 55.4 Å². The summed E-state index contributed by atoms with van der Waals surface area (Å²) in [5.41, 5.74) is 1.71. The maximum atomic E-state index is 10.5. The highest BCUT2D eigenvalue weighted by Crippen LogP contribution is 2.61. The first-order valence-corrected chi connectivity index (χ1v) is 7.59. The van der Waals surface area contributed by atoms with Crippen molar-refractivity contribution in [2.24, 2.45) is 21.7 Å². The van der Waals surface area contributed by atoms with Gasteiger partial charge >= 0.3 is 0 Å². The number of hydrogen-bond acceptors (Lipinski definition) is 2. The molecule has 20 heavy (non-hydrogen) atoms. The Morgan fingerprint density at radius 3 is 1.25 bits per heavy atom. The van der Waals surface area contributed by atoms with E-state index in [1.165, 1.54) is 11.1 Å². The van der Waals surface area contributed by atoms with Crippen molar-refractivity contribution >= 4 is 0 Å². The summed E-state index contributed by atoms with van der Waals surface area (Å²) < 4.78 is 0. The average molecular weight is 278 g/mol. The summed E-state index contributed by atoms with van der Waals surface area (Å²) in [7, 11) is 0. The van der Waals surface area contributed by atoms with E-state index in [0.29, 0.717) is 0 Å². The molecule has 0 aromatic rings. The molecule has 1 saturated carbocycles. The van der Waals surface area contributed by atoms with Gasteiger partial charge in [-0.1, -0.05) is 78.7 Å². The van der Waals surface area contributed by atoms with E-state index < -0.39 is 23.0 Å². The topological polar surface area (TPSA) is 40.5 Å². The molecular formula is C18H30O2. The lowest BCUT2D eigenvalue weighted by Gasteiger charge is -2.40. The molecule has 2 N–H and O–H groups in total. The van der Waals surface area contributed by atoms with Crippen LogP contribution in [0.15, 0.2) is 23.3 Å². The number of hydrogen-bond donors (Lipinski definition) is 2. The molecule has 0 saturated heterocycles. The Labute approximate surface area is 123 Å². The minimum Gasteiger partial charge on any atom is -0.389 e. The molecule has 2 heteroatoms. The molecule has 0 spiro atoms. The SMILES string of the molecule is CC1(C)C=CC(C)(C)C1=C1C(C)(C)C(O)C(O)C1(C)C. The van der Waals surface area contributed by atoms with Crippen molar-refractivity contribution in [2.75, 3.05) is 0 Å². The fourth-order valence-corrected chi connectivity index (χ4v) is 4.62. The molecule has 2 rings (SSSR count). The maximum absolute atomic E-state index is 10.5. The zero-order chi connectivity index (χ0) is 15.7. The highest BCUT2D eigenvalue weighted by atomic mass is 16.3. The minimum absolute atomic E-state index is 0.0306. The van der Waals surface area contributed by atoms with Gasteiger partial charge in [0.25, 0.3) is 0 Å². The quantitative estimate of drug-likeness (QED) is 0.663. The van der Waals surface area contributed by atoms with Crippen LogP contribution in [0.25, 0.3) is 0 Å². The fraction of sp³-hybridized carbons (Fsp3) is 0.778. The van der Waals surface area contributed by atoms with E-state index in [2.05, 4.69) is 67.5 Å². The van der Waals surface area contributed by atoms with Gasteiger partial charge in [-0.05, 0) is 0 Å². The van der Waals surface area contributed by atoms with Crippen LogP contribution in [-0.2, 0) is 0 Å². The first-order valence-electron chi connectivity index (χ1n) is 7.59. The van der Waals surface area contributed by atoms with Crippen molar-refractivity contribution in [1.82, 2.24) is 0 Å². The number of rotatable bonds is 0. The third-order valence-corrected chi connectivity index (χ3v) is 5.52. The predicted molar refractivity (Wildman–Crippen MR) is 83.3 cm³/mol. The van der Waals surface area contributed by atoms with Crippen LogP contribution < -0.4 is 0 Å². The summed E-state index contributed by atoms with van der Waals surface area (Å²) in [4.78, 5) is 0. The van der Waals surface area contributed by atoms with Gasteiger partial charge in [0.1, 0.15) is 0 Å². The minimum atomic E-state index is -0.716. The van der Waals surface area contributed by atoms with Crippen LogP contribution in [0.3, 0.4) is 0 Å². The van der Waals surface area contributed by atoms with Crippen LogP contribution >= 0.6 is 0 Å². The molecule has 114 valence electrons. The lowest BCUT2D eigenvalue weighted by molar-refractivity contribution is -0.0320. The second-order valence-electron chi connectivity index (χ2n) is 8.86. The lowest BCUT2D eigenvalue weighted by Crippen LogP contribution is -2.34. The standard InChI is InChI=1S/C18H30O2/c1-15(2)9-10-16(3,4)11(15)12-17(5,6)13(19)14(20)18(12,7)8/h9-10,13-14,19-20H,1-8H3. The van der Waals surface area contributed by atoms with Crippen molar-refractivity contribution in [3.8, 4) is 0 Å². The smallest absolute Gasteiger partial charge is 0.0895 e. The van der Waals surface area contributed by atoms with E-state index in [0.717, 1.165) is 0 Å². The Balaban J connectivity index is 2.80. The largest absolute Gasteiger partial charge is 0.389 e. The summed E-state index contributed by atoms with van der Waals surface area (Å²) in [5, 5.41) is 21.1. The fourth-order valence-electron chi connectivity index (χ4n) is 4.62. The number of aliphatic hydroxyl groups excluding tert-OH is 2. The summed E-state index contributed by atoms with van der Waals surface area (Å²) in [6.45, 7) is 17.1. The van der Waals surface area contributed by atoms with E-state index >= 15 is 0 Å². The van der Waals surface area contributed by atoms with E-state index in [9.17, 15) is 10.2 Å². The third-order valence-electron chi connectivity index (χ3n) is 5.52. The maximum Gasteiger partial charge on any atom is 0.0895 e. The van der Waals surface area contributed by atoms with Gasteiger partial charge in [-0.15, -0.1) is 0 Å². The molecular weight excluding hydrogens is 248 g/mol. The monoisotopic (exact) mass is 278 g/mol. The molecule has 2 aliphatic carbocycles. The van der Waals surface area contributed by atoms with Gasteiger partial charge in [-0.25, -0.2) is 0 Å². The molecule has 0 aromatic carbocycles. The molecule has 0 heterocycles. The third kappa shape index (κ3) is 1.84. The Morgan fingerprint density at radius 2 is 0.950 bits per heavy atom. The molecule has 2 unspecified atom stereocenters. The Kier molecular flexibility index (Phi) is 3.14. The summed E-state index contributed by atoms with van der Waals surface area (Å²) in [6, 6.07) is 0. The van der Waals surface area contributed by atoms with Crippen LogP contribution in [0.5, 0.6) is 0 Å². The molecule has 0 aliphatic heterocycles. The predicted octanol–water partition coefficient (Wildman–Crippen LogP) is 3.69. The average Bonchev–Trinajstić information content (AvgIpc) is 2.54. The zero-order valence-corrected chi connectivity index (χ0v) is 14.2. The van der Waals surface area contributed by atoms with Gasteiger partial charge in [-0.3, -0.25) is 0 Å². The molecule has 0 amide bonds. The molecule has 2 aliphatic rings. The van der Waals surface area contributed by atoms with Crippen LogP contribution in [0, 0.1) is 21.7 Å². The van der Waals surface area contributed by atoms with E-state index in [1.807, 2.05) is 0 Å². The summed E-state index contributed by atoms with van der Waals surface area (Å²) in [6.07, 6.45) is 3.09. The molecule has 2 atom stereocenters. The molecule has 0 bridgehead atoms. The van der Waals surface area contributed by atoms with Crippen molar-refractivity contribution in [1.29, 1.82) is 0 Å². The number of allylic oxidation sites excluding steroid dienone is 3. The van der Waals surface area contributed by atoms with Crippen molar-refractivity contribution < 1.29 is 10.2 Å². The van der Waals surface area contributed by atoms with Crippen LogP contribution in [-0.4, -0.2) is 22.4 Å². The van der Waals surface area contributed by atoms with Crippen molar-refractivity contribution in [3.63, 3.8) is 0 Å². The second kappa shape index (κ2) is 3.98.